The summed E-state index contributed by atoms with van der Waals surface area (Å²) < 4.78 is 0. The second kappa shape index (κ2) is 5.10. The molecule has 1 unspecified atom stereocenters. The van der Waals surface area contributed by atoms with Crippen LogP contribution in [-0.2, 0) is 4.79 Å². The molecule has 1 aromatic rings. The summed E-state index contributed by atoms with van der Waals surface area (Å²) in [6.07, 6.45) is 1.32. The average Bonchev–Trinajstić information content (AvgIpc) is 2.69. The minimum absolute atomic E-state index is 0.372. The van der Waals surface area contributed by atoms with Crippen LogP contribution < -0.4 is 10.6 Å². The van der Waals surface area contributed by atoms with Gasteiger partial charge in [-0.2, -0.15) is 5.10 Å². The van der Waals surface area contributed by atoms with E-state index >= 15 is 0 Å². The fraction of sp³-hybridized carbons (Fsp3) is 0.500. The van der Waals surface area contributed by atoms with E-state index in [9.17, 15) is 9.59 Å². The average molecular weight is 227 g/mol. The number of hydrogen-bond acceptors (Lipinski definition) is 4. The lowest BCUT2D eigenvalue weighted by Gasteiger charge is -2.14. The highest BCUT2D eigenvalue weighted by molar-refractivity contribution is 5.82. The maximum atomic E-state index is 11.3. The Morgan fingerprint density at radius 1 is 1.44 bits per heavy atom. The predicted octanol–water partition coefficient (Wildman–Crippen LogP) is -0.362. The molecule has 0 saturated heterocycles. The number of carbonyl (C=O) groups is 2. The SMILES string of the molecule is CC(NC(=O)N[C@@H](C)C(=O)O)c1ncn[nH]1. The van der Waals surface area contributed by atoms with Gasteiger partial charge in [-0.1, -0.05) is 0 Å². The van der Waals surface area contributed by atoms with Crippen molar-refractivity contribution < 1.29 is 14.7 Å². The van der Waals surface area contributed by atoms with E-state index in [-0.39, 0.29) is 6.04 Å². The number of aromatic nitrogens is 3. The van der Waals surface area contributed by atoms with Crippen LogP contribution in [-0.4, -0.2) is 38.3 Å². The topological polar surface area (TPSA) is 120 Å². The van der Waals surface area contributed by atoms with Crippen LogP contribution in [0, 0.1) is 0 Å². The highest BCUT2D eigenvalue weighted by Crippen LogP contribution is 2.03. The third-order valence-corrected chi connectivity index (χ3v) is 1.91. The normalized spacial score (nSPS) is 13.9. The fourth-order valence-corrected chi connectivity index (χ4v) is 0.989. The summed E-state index contributed by atoms with van der Waals surface area (Å²) in [7, 11) is 0. The van der Waals surface area contributed by atoms with Crippen molar-refractivity contribution in [3.8, 4) is 0 Å². The molecule has 0 fully saturated rings. The van der Waals surface area contributed by atoms with E-state index in [4.69, 9.17) is 5.11 Å². The minimum Gasteiger partial charge on any atom is -0.480 e. The van der Waals surface area contributed by atoms with Gasteiger partial charge in [0.1, 0.15) is 18.2 Å². The first-order chi connectivity index (χ1) is 7.50. The zero-order valence-corrected chi connectivity index (χ0v) is 8.89. The van der Waals surface area contributed by atoms with Crippen molar-refractivity contribution in [1.29, 1.82) is 0 Å². The number of amides is 2. The Hall–Kier alpha value is -2.12. The predicted molar refractivity (Wildman–Crippen MR) is 53.6 cm³/mol. The molecule has 88 valence electrons. The molecule has 16 heavy (non-hydrogen) atoms. The number of H-pyrrole nitrogens is 1. The molecule has 1 heterocycles. The van der Waals surface area contributed by atoms with Gasteiger partial charge in [0.25, 0.3) is 0 Å². The van der Waals surface area contributed by atoms with Gasteiger partial charge in [0.2, 0.25) is 0 Å². The summed E-state index contributed by atoms with van der Waals surface area (Å²) in [5.41, 5.74) is 0. The zero-order valence-electron chi connectivity index (χ0n) is 8.89. The van der Waals surface area contributed by atoms with Crippen molar-refractivity contribution in [3.05, 3.63) is 12.2 Å². The van der Waals surface area contributed by atoms with Crippen LogP contribution in [0.15, 0.2) is 6.33 Å². The van der Waals surface area contributed by atoms with Gasteiger partial charge in [-0.15, -0.1) is 0 Å². The Kier molecular flexibility index (Phi) is 3.81. The maximum absolute atomic E-state index is 11.3. The van der Waals surface area contributed by atoms with E-state index in [0.717, 1.165) is 0 Å². The van der Waals surface area contributed by atoms with Gasteiger partial charge in [0.05, 0.1) is 6.04 Å². The molecule has 0 radical (unpaired) electrons. The summed E-state index contributed by atoms with van der Waals surface area (Å²) in [5, 5.41) is 19.6. The molecule has 0 saturated carbocycles. The third kappa shape index (κ3) is 3.23. The van der Waals surface area contributed by atoms with E-state index in [0.29, 0.717) is 5.82 Å². The maximum Gasteiger partial charge on any atom is 0.325 e. The molecule has 2 amide bonds. The lowest BCUT2D eigenvalue weighted by molar-refractivity contribution is -0.138. The quantitative estimate of drug-likeness (QED) is 0.559. The summed E-state index contributed by atoms with van der Waals surface area (Å²) in [4.78, 5) is 25.7. The highest BCUT2D eigenvalue weighted by Gasteiger charge is 2.16. The van der Waals surface area contributed by atoms with Crippen LogP contribution in [0.4, 0.5) is 4.79 Å². The summed E-state index contributed by atoms with van der Waals surface area (Å²) in [6.45, 7) is 3.08. The lowest BCUT2D eigenvalue weighted by Crippen LogP contribution is -2.45. The van der Waals surface area contributed by atoms with Gasteiger partial charge in [-0.25, -0.2) is 9.78 Å². The molecule has 0 spiro atoms. The first-order valence-electron chi connectivity index (χ1n) is 4.65. The lowest BCUT2D eigenvalue weighted by atomic mass is 10.3. The highest BCUT2D eigenvalue weighted by atomic mass is 16.4. The zero-order chi connectivity index (χ0) is 12.1. The number of nitrogens with zero attached hydrogens (tertiary/aromatic N) is 2. The Labute approximate surface area is 91.5 Å². The van der Waals surface area contributed by atoms with Gasteiger partial charge in [-0.3, -0.25) is 9.89 Å². The van der Waals surface area contributed by atoms with Crippen LogP contribution in [0.2, 0.25) is 0 Å². The van der Waals surface area contributed by atoms with Crippen LogP contribution in [0.3, 0.4) is 0 Å². The van der Waals surface area contributed by atoms with Crippen molar-refractivity contribution in [2.75, 3.05) is 0 Å². The van der Waals surface area contributed by atoms with Gasteiger partial charge in [-0.05, 0) is 13.8 Å². The largest absolute Gasteiger partial charge is 0.480 e. The second-order valence-electron chi connectivity index (χ2n) is 3.27. The minimum atomic E-state index is -1.09. The van der Waals surface area contributed by atoms with Crippen LogP contribution >= 0.6 is 0 Å². The van der Waals surface area contributed by atoms with Crippen LogP contribution in [0.1, 0.15) is 25.7 Å². The van der Waals surface area contributed by atoms with Crippen molar-refractivity contribution in [2.45, 2.75) is 25.9 Å². The number of carboxylic acid groups (broad SMARTS) is 1. The summed E-state index contributed by atoms with van der Waals surface area (Å²) in [6, 6.07) is -1.88. The molecule has 4 N–H and O–H groups in total. The van der Waals surface area contributed by atoms with E-state index < -0.39 is 18.0 Å². The molecule has 0 aliphatic carbocycles. The summed E-state index contributed by atoms with van der Waals surface area (Å²) >= 11 is 0. The third-order valence-electron chi connectivity index (χ3n) is 1.91. The molecule has 0 aliphatic rings. The van der Waals surface area contributed by atoms with Crippen LogP contribution in [0.25, 0.3) is 0 Å². The van der Waals surface area contributed by atoms with E-state index in [1.54, 1.807) is 6.92 Å². The van der Waals surface area contributed by atoms with E-state index in [2.05, 4.69) is 25.8 Å². The standard InChI is InChI=1S/C8H13N5O3/c1-4(6-9-3-10-13-6)11-8(16)12-5(2)7(14)15/h3-5H,1-2H3,(H,14,15)(H,9,10,13)(H2,11,12,16)/t4?,5-/m0/s1. The Morgan fingerprint density at radius 2 is 2.12 bits per heavy atom. The van der Waals surface area contributed by atoms with Crippen molar-refractivity contribution in [2.24, 2.45) is 0 Å². The number of aliphatic carboxylic acids is 1. The number of urea groups is 1. The van der Waals surface area contributed by atoms with Crippen molar-refractivity contribution >= 4 is 12.0 Å². The molecule has 1 rings (SSSR count). The first-order valence-corrected chi connectivity index (χ1v) is 4.65. The number of carbonyl (C=O) groups excluding carboxylic acids is 1. The smallest absolute Gasteiger partial charge is 0.325 e. The van der Waals surface area contributed by atoms with Gasteiger partial charge < -0.3 is 15.7 Å². The Morgan fingerprint density at radius 3 is 2.62 bits per heavy atom. The van der Waals surface area contributed by atoms with Crippen LogP contribution in [0.5, 0.6) is 0 Å². The number of nitrogens with one attached hydrogen (secondary N) is 3. The first kappa shape index (κ1) is 12.0. The second-order valence-corrected chi connectivity index (χ2v) is 3.27. The van der Waals surface area contributed by atoms with Crippen molar-refractivity contribution in [1.82, 2.24) is 25.8 Å². The van der Waals surface area contributed by atoms with E-state index in [1.807, 2.05) is 0 Å². The molecule has 8 nitrogen and oxygen atoms in total. The number of aromatic amines is 1. The Bertz CT molecular complexity index is 364. The van der Waals surface area contributed by atoms with Gasteiger partial charge in [0, 0.05) is 0 Å². The van der Waals surface area contributed by atoms with Gasteiger partial charge in [0.15, 0.2) is 0 Å². The molecule has 0 aromatic carbocycles. The fourth-order valence-electron chi connectivity index (χ4n) is 0.989. The number of hydrogen-bond donors (Lipinski definition) is 4. The monoisotopic (exact) mass is 227 g/mol. The Balaban J connectivity index is 2.43. The van der Waals surface area contributed by atoms with Gasteiger partial charge >= 0.3 is 12.0 Å². The molecule has 2 atom stereocenters. The number of carboxylic acids is 1. The van der Waals surface area contributed by atoms with E-state index in [1.165, 1.54) is 13.3 Å². The molecular formula is C8H13N5O3. The summed E-state index contributed by atoms with van der Waals surface area (Å²) in [5.74, 6) is -0.597. The molecule has 1 aromatic heterocycles. The molecular weight excluding hydrogens is 214 g/mol. The number of rotatable bonds is 4. The molecule has 0 bridgehead atoms. The molecule has 8 heteroatoms. The molecule has 0 aliphatic heterocycles. The van der Waals surface area contributed by atoms with Crippen molar-refractivity contribution in [3.63, 3.8) is 0 Å².